The van der Waals surface area contributed by atoms with Crippen LogP contribution in [0.1, 0.15) is 12.8 Å². The minimum atomic E-state index is -3.57. The molecule has 3 rings (SSSR count). The Hall–Kier alpha value is -1.89. The number of ether oxygens (including phenoxy) is 2. The van der Waals surface area contributed by atoms with Crippen LogP contribution in [-0.2, 0) is 14.8 Å². The highest BCUT2D eigenvalue weighted by Gasteiger charge is 2.28. The lowest BCUT2D eigenvalue weighted by atomic mass is 10.2. The minimum absolute atomic E-state index is 0.0461. The molecule has 0 amide bonds. The lowest BCUT2D eigenvalue weighted by Gasteiger charge is -2.25. The maximum atomic E-state index is 13.0. The van der Waals surface area contributed by atoms with Gasteiger partial charge in [0, 0.05) is 19.7 Å². The van der Waals surface area contributed by atoms with Crippen molar-refractivity contribution in [2.75, 3.05) is 26.3 Å². The second kappa shape index (κ2) is 8.47. The summed E-state index contributed by atoms with van der Waals surface area (Å²) in [6.07, 6.45) is 1.82. The van der Waals surface area contributed by atoms with Crippen molar-refractivity contribution in [3.63, 3.8) is 0 Å². The molecule has 1 saturated heterocycles. The predicted octanol–water partition coefficient (Wildman–Crippen LogP) is 2.94. The summed E-state index contributed by atoms with van der Waals surface area (Å²) in [6, 6.07) is 17.9. The van der Waals surface area contributed by atoms with Crippen molar-refractivity contribution in [1.82, 2.24) is 4.31 Å². The van der Waals surface area contributed by atoms with Crippen LogP contribution in [0.3, 0.4) is 0 Å². The normalized spacial score (nSPS) is 17.7. The largest absolute Gasteiger partial charge is 0.492 e. The summed E-state index contributed by atoms with van der Waals surface area (Å²) in [5, 5.41) is 0. The van der Waals surface area contributed by atoms with Crippen LogP contribution in [0.5, 0.6) is 5.75 Å². The summed E-state index contributed by atoms with van der Waals surface area (Å²) in [5.41, 5.74) is 0. The van der Waals surface area contributed by atoms with Crippen molar-refractivity contribution >= 4 is 10.0 Å². The van der Waals surface area contributed by atoms with Gasteiger partial charge in [0.1, 0.15) is 12.4 Å². The van der Waals surface area contributed by atoms with Crippen LogP contribution in [0.15, 0.2) is 65.6 Å². The van der Waals surface area contributed by atoms with Crippen LogP contribution in [0.2, 0.25) is 0 Å². The molecule has 0 saturated carbocycles. The number of para-hydroxylation sites is 1. The fraction of sp³-hybridized carbons (Fsp3) is 0.368. The van der Waals surface area contributed by atoms with Gasteiger partial charge in [-0.15, -0.1) is 0 Å². The molecule has 0 aliphatic carbocycles. The monoisotopic (exact) mass is 361 g/mol. The van der Waals surface area contributed by atoms with E-state index in [9.17, 15) is 8.42 Å². The van der Waals surface area contributed by atoms with Gasteiger partial charge in [0.2, 0.25) is 10.0 Å². The highest BCUT2D eigenvalue weighted by Crippen LogP contribution is 2.20. The quantitative estimate of drug-likeness (QED) is 0.725. The van der Waals surface area contributed by atoms with Crippen LogP contribution in [-0.4, -0.2) is 45.1 Å². The molecule has 0 spiro atoms. The van der Waals surface area contributed by atoms with E-state index in [0.29, 0.717) is 24.7 Å². The average Bonchev–Trinajstić information content (AvgIpc) is 3.16. The van der Waals surface area contributed by atoms with Crippen molar-refractivity contribution < 1.29 is 17.9 Å². The lowest BCUT2D eigenvalue weighted by molar-refractivity contribution is 0.0910. The summed E-state index contributed by atoms with van der Waals surface area (Å²) >= 11 is 0. The van der Waals surface area contributed by atoms with Gasteiger partial charge in [0.05, 0.1) is 11.0 Å². The van der Waals surface area contributed by atoms with Gasteiger partial charge in [-0.3, -0.25) is 0 Å². The Labute approximate surface area is 149 Å². The minimum Gasteiger partial charge on any atom is -0.492 e. The molecule has 134 valence electrons. The molecule has 0 radical (unpaired) electrons. The van der Waals surface area contributed by atoms with Crippen molar-refractivity contribution in [1.29, 1.82) is 0 Å². The van der Waals surface area contributed by atoms with Gasteiger partial charge >= 0.3 is 0 Å². The first kappa shape index (κ1) is 17.9. The average molecular weight is 361 g/mol. The first-order valence-electron chi connectivity index (χ1n) is 8.51. The van der Waals surface area contributed by atoms with E-state index in [-0.39, 0.29) is 12.6 Å². The number of hydrogen-bond donors (Lipinski definition) is 0. The first-order chi connectivity index (χ1) is 12.2. The van der Waals surface area contributed by atoms with Gasteiger partial charge in [0.15, 0.2) is 0 Å². The van der Waals surface area contributed by atoms with E-state index in [4.69, 9.17) is 9.47 Å². The van der Waals surface area contributed by atoms with Crippen molar-refractivity contribution in [2.45, 2.75) is 23.8 Å². The molecule has 25 heavy (non-hydrogen) atoms. The van der Waals surface area contributed by atoms with Crippen LogP contribution in [0.25, 0.3) is 0 Å². The zero-order valence-corrected chi connectivity index (χ0v) is 14.9. The van der Waals surface area contributed by atoms with Gasteiger partial charge in [-0.2, -0.15) is 4.31 Å². The Morgan fingerprint density at radius 2 is 1.72 bits per heavy atom. The number of hydrogen-bond acceptors (Lipinski definition) is 4. The molecular formula is C19H23NO4S. The smallest absolute Gasteiger partial charge is 0.243 e. The van der Waals surface area contributed by atoms with Gasteiger partial charge in [-0.05, 0) is 37.1 Å². The van der Waals surface area contributed by atoms with E-state index in [2.05, 4.69) is 0 Å². The van der Waals surface area contributed by atoms with Crippen molar-refractivity contribution in [3.8, 4) is 5.75 Å². The van der Waals surface area contributed by atoms with Gasteiger partial charge in [-0.25, -0.2) is 8.42 Å². The Bertz CT molecular complexity index is 744. The molecule has 1 aliphatic rings. The van der Waals surface area contributed by atoms with Gasteiger partial charge in [-0.1, -0.05) is 36.4 Å². The predicted molar refractivity (Wildman–Crippen MR) is 96.1 cm³/mol. The molecule has 2 aromatic carbocycles. The Kier molecular flexibility index (Phi) is 6.07. The summed E-state index contributed by atoms with van der Waals surface area (Å²) in [4.78, 5) is 0.299. The number of nitrogens with zero attached hydrogens (tertiary/aromatic N) is 1. The maximum absolute atomic E-state index is 13.0. The third-order valence-corrected chi connectivity index (χ3v) is 6.04. The van der Waals surface area contributed by atoms with E-state index >= 15 is 0 Å². The van der Waals surface area contributed by atoms with Crippen LogP contribution < -0.4 is 4.74 Å². The molecular weight excluding hydrogens is 338 g/mol. The van der Waals surface area contributed by atoms with E-state index in [1.165, 1.54) is 4.31 Å². The lowest BCUT2D eigenvalue weighted by Crippen LogP contribution is -2.39. The molecule has 6 heteroatoms. The maximum Gasteiger partial charge on any atom is 0.243 e. The van der Waals surface area contributed by atoms with Crippen molar-refractivity contribution in [3.05, 3.63) is 60.7 Å². The molecule has 1 atom stereocenters. The van der Waals surface area contributed by atoms with E-state index < -0.39 is 10.0 Å². The van der Waals surface area contributed by atoms with Gasteiger partial charge in [0.25, 0.3) is 0 Å². The molecule has 1 heterocycles. The highest BCUT2D eigenvalue weighted by molar-refractivity contribution is 7.89. The number of sulfonamides is 1. The zero-order valence-electron chi connectivity index (χ0n) is 14.1. The molecule has 0 aromatic heterocycles. The molecule has 2 aromatic rings. The van der Waals surface area contributed by atoms with Crippen LogP contribution >= 0.6 is 0 Å². The fourth-order valence-corrected chi connectivity index (χ4v) is 4.33. The third-order valence-electron chi connectivity index (χ3n) is 4.16. The Morgan fingerprint density at radius 1 is 1.04 bits per heavy atom. The second-order valence-corrected chi connectivity index (χ2v) is 7.91. The highest BCUT2D eigenvalue weighted by atomic mass is 32.2. The molecule has 0 bridgehead atoms. The molecule has 1 unspecified atom stereocenters. The fourth-order valence-electron chi connectivity index (χ4n) is 2.85. The standard InChI is InChI=1S/C19H23NO4S/c21-25(22,19-11-5-2-6-12-19)20(16-18-10-7-14-23-18)13-15-24-17-8-3-1-4-9-17/h1-6,8-9,11-12,18H,7,10,13-16H2. The second-order valence-electron chi connectivity index (χ2n) is 5.97. The van der Waals surface area contributed by atoms with E-state index in [1.807, 2.05) is 36.4 Å². The Balaban J connectivity index is 1.70. The first-order valence-corrected chi connectivity index (χ1v) is 9.95. The van der Waals surface area contributed by atoms with E-state index in [0.717, 1.165) is 18.6 Å². The summed E-state index contributed by atoms with van der Waals surface area (Å²) in [5.74, 6) is 0.733. The van der Waals surface area contributed by atoms with Gasteiger partial charge < -0.3 is 9.47 Å². The number of benzene rings is 2. The summed E-state index contributed by atoms with van der Waals surface area (Å²) < 4.78 is 38.7. The molecule has 5 nitrogen and oxygen atoms in total. The van der Waals surface area contributed by atoms with Crippen LogP contribution in [0.4, 0.5) is 0 Å². The van der Waals surface area contributed by atoms with Crippen molar-refractivity contribution in [2.24, 2.45) is 0 Å². The molecule has 0 N–H and O–H groups in total. The topological polar surface area (TPSA) is 55.8 Å². The Morgan fingerprint density at radius 3 is 2.36 bits per heavy atom. The molecule has 1 fully saturated rings. The summed E-state index contributed by atoms with van der Waals surface area (Å²) in [6.45, 7) is 1.63. The summed E-state index contributed by atoms with van der Waals surface area (Å²) in [7, 11) is -3.57. The third kappa shape index (κ3) is 4.81. The SMILES string of the molecule is O=S(=O)(c1ccccc1)N(CCOc1ccccc1)CC1CCCO1. The zero-order chi connectivity index (χ0) is 17.5. The number of rotatable bonds is 8. The van der Waals surface area contributed by atoms with E-state index in [1.54, 1.807) is 24.3 Å². The molecule has 1 aliphatic heterocycles. The van der Waals surface area contributed by atoms with Crippen LogP contribution in [0, 0.1) is 0 Å².